The molecular weight excluding hydrogens is 257 g/mol. The number of rotatable bonds is 3. The number of nitrogens with two attached hydrogens (primary N) is 1. The van der Waals surface area contributed by atoms with Gasteiger partial charge in [0, 0.05) is 6.20 Å². The van der Waals surface area contributed by atoms with Crippen LogP contribution in [0.25, 0.3) is 0 Å². The molecular formula is C10H8FN5OS. The zero-order chi connectivity index (χ0) is 13.1. The van der Waals surface area contributed by atoms with E-state index in [1.165, 1.54) is 18.5 Å². The molecule has 0 aromatic carbocycles. The number of nitrogens with zero attached hydrogens (tertiary/aromatic N) is 2. The van der Waals surface area contributed by atoms with Crippen molar-refractivity contribution in [1.29, 1.82) is 0 Å². The minimum absolute atomic E-state index is 0.0780. The van der Waals surface area contributed by atoms with Gasteiger partial charge in [-0.3, -0.25) is 14.9 Å². The number of anilines is 1. The fraction of sp³-hybridized carbons (Fsp3) is 0. The largest absolute Gasteiger partial charge is 0.389 e. The summed E-state index contributed by atoms with van der Waals surface area (Å²) in [7, 11) is 0. The van der Waals surface area contributed by atoms with Crippen LogP contribution < -0.4 is 11.1 Å². The number of aromatic nitrogens is 3. The van der Waals surface area contributed by atoms with Gasteiger partial charge >= 0.3 is 0 Å². The summed E-state index contributed by atoms with van der Waals surface area (Å²) < 4.78 is 13.3. The van der Waals surface area contributed by atoms with Gasteiger partial charge in [-0.25, -0.2) is 4.39 Å². The summed E-state index contributed by atoms with van der Waals surface area (Å²) in [5.41, 5.74) is 5.69. The van der Waals surface area contributed by atoms with Gasteiger partial charge in [0.05, 0.1) is 23.5 Å². The summed E-state index contributed by atoms with van der Waals surface area (Å²) in [4.78, 5) is 15.4. The van der Waals surface area contributed by atoms with Gasteiger partial charge in [0.2, 0.25) is 0 Å². The summed E-state index contributed by atoms with van der Waals surface area (Å²) in [6.45, 7) is 0. The Kier molecular flexibility index (Phi) is 3.28. The van der Waals surface area contributed by atoms with Gasteiger partial charge in [-0.15, -0.1) is 0 Å². The number of aromatic amines is 1. The van der Waals surface area contributed by atoms with E-state index in [0.717, 1.165) is 6.20 Å². The summed E-state index contributed by atoms with van der Waals surface area (Å²) >= 11 is 4.78. The lowest BCUT2D eigenvalue weighted by molar-refractivity contribution is 0.102. The molecule has 0 fully saturated rings. The lowest BCUT2D eigenvalue weighted by atomic mass is 10.2. The van der Waals surface area contributed by atoms with E-state index in [-0.39, 0.29) is 16.4 Å². The molecule has 2 heterocycles. The second-order valence-electron chi connectivity index (χ2n) is 3.33. The van der Waals surface area contributed by atoms with Crippen molar-refractivity contribution < 1.29 is 9.18 Å². The highest BCUT2D eigenvalue weighted by Crippen LogP contribution is 2.13. The molecule has 4 N–H and O–H groups in total. The van der Waals surface area contributed by atoms with E-state index in [1.54, 1.807) is 0 Å². The summed E-state index contributed by atoms with van der Waals surface area (Å²) in [6.07, 6.45) is 3.65. The molecule has 0 unspecified atom stereocenters. The molecule has 8 heteroatoms. The van der Waals surface area contributed by atoms with Crippen LogP contribution in [0.3, 0.4) is 0 Å². The molecule has 1 amide bonds. The molecule has 2 rings (SSSR count). The lowest BCUT2D eigenvalue weighted by Crippen LogP contribution is -2.18. The Morgan fingerprint density at radius 1 is 1.44 bits per heavy atom. The number of amides is 1. The average Bonchev–Trinajstić information content (AvgIpc) is 2.77. The fourth-order valence-electron chi connectivity index (χ4n) is 1.31. The van der Waals surface area contributed by atoms with Gasteiger partial charge in [0.15, 0.2) is 5.82 Å². The summed E-state index contributed by atoms with van der Waals surface area (Å²) in [5.74, 6) is -1.13. The van der Waals surface area contributed by atoms with Crippen molar-refractivity contribution >= 4 is 28.9 Å². The smallest absolute Gasteiger partial charge is 0.259 e. The van der Waals surface area contributed by atoms with E-state index in [1.807, 2.05) is 0 Å². The molecule has 18 heavy (non-hydrogen) atoms. The first-order chi connectivity index (χ1) is 8.59. The van der Waals surface area contributed by atoms with Crippen molar-refractivity contribution in [3.8, 4) is 0 Å². The molecule has 0 saturated heterocycles. The van der Waals surface area contributed by atoms with Crippen molar-refractivity contribution in [2.45, 2.75) is 0 Å². The zero-order valence-electron chi connectivity index (χ0n) is 8.98. The van der Waals surface area contributed by atoms with Gasteiger partial charge in [-0.1, -0.05) is 12.2 Å². The van der Waals surface area contributed by atoms with E-state index in [2.05, 4.69) is 20.5 Å². The molecule has 0 aliphatic heterocycles. The molecule has 0 bridgehead atoms. The van der Waals surface area contributed by atoms with Crippen molar-refractivity contribution in [3.63, 3.8) is 0 Å². The van der Waals surface area contributed by atoms with Crippen LogP contribution >= 0.6 is 12.2 Å². The van der Waals surface area contributed by atoms with Gasteiger partial charge < -0.3 is 11.1 Å². The van der Waals surface area contributed by atoms with Gasteiger partial charge in [-0.2, -0.15) is 5.10 Å². The van der Waals surface area contributed by atoms with Gasteiger partial charge in [0.1, 0.15) is 10.8 Å². The topological polar surface area (TPSA) is 96.7 Å². The number of halogens is 1. The predicted octanol–water partition coefficient (Wildman–Crippen LogP) is 0.830. The standard InChI is InChI=1S/C10H8FN5OS/c11-7-4-13-2-1-5(7)10(17)15-9-6(8(12)18)3-14-16-9/h1-4H,(H2,12,18)(H2,14,15,16,17). The molecule has 0 aliphatic carbocycles. The SMILES string of the molecule is NC(=S)c1cn[nH]c1NC(=O)c1ccncc1F. The Balaban J connectivity index is 2.25. The Hall–Kier alpha value is -2.35. The monoisotopic (exact) mass is 265 g/mol. The molecule has 0 atom stereocenters. The van der Waals surface area contributed by atoms with Crippen molar-refractivity contribution in [2.24, 2.45) is 5.73 Å². The molecule has 2 aromatic heterocycles. The zero-order valence-corrected chi connectivity index (χ0v) is 9.79. The molecule has 0 spiro atoms. The second-order valence-corrected chi connectivity index (χ2v) is 3.77. The normalized spacial score (nSPS) is 10.1. The number of hydrogen-bond donors (Lipinski definition) is 3. The minimum atomic E-state index is -0.716. The van der Waals surface area contributed by atoms with Crippen LogP contribution in [0, 0.1) is 5.82 Å². The Bertz CT molecular complexity index is 612. The van der Waals surface area contributed by atoms with Crippen LogP contribution in [0.1, 0.15) is 15.9 Å². The first-order valence-electron chi connectivity index (χ1n) is 4.83. The average molecular weight is 265 g/mol. The molecule has 0 saturated carbocycles. The highest BCUT2D eigenvalue weighted by Gasteiger charge is 2.15. The summed E-state index contributed by atoms with van der Waals surface area (Å²) in [5, 5.41) is 8.66. The van der Waals surface area contributed by atoms with E-state index >= 15 is 0 Å². The van der Waals surface area contributed by atoms with E-state index in [0.29, 0.717) is 5.56 Å². The van der Waals surface area contributed by atoms with E-state index in [9.17, 15) is 9.18 Å². The predicted molar refractivity (Wildman–Crippen MR) is 66.6 cm³/mol. The highest BCUT2D eigenvalue weighted by atomic mass is 32.1. The highest BCUT2D eigenvalue weighted by molar-refractivity contribution is 7.80. The molecule has 0 radical (unpaired) electrons. The van der Waals surface area contributed by atoms with Crippen molar-refractivity contribution in [1.82, 2.24) is 15.2 Å². The number of hydrogen-bond acceptors (Lipinski definition) is 4. The second kappa shape index (κ2) is 4.88. The summed E-state index contributed by atoms with van der Waals surface area (Å²) in [6, 6.07) is 1.27. The van der Waals surface area contributed by atoms with Gasteiger partial charge in [0.25, 0.3) is 5.91 Å². The maximum atomic E-state index is 13.3. The third-order valence-corrected chi connectivity index (χ3v) is 2.38. The van der Waals surface area contributed by atoms with Crippen LogP contribution in [-0.4, -0.2) is 26.1 Å². The maximum absolute atomic E-state index is 13.3. The molecule has 0 aliphatic rings. The van der Waals surface area contributed by atoms with E-state index in [4.69, 9.17) is 18.0 Å². The third-order valence-electron chi connectivity index (χ3n) is 2.16. The number of carbonyl (C=O) groups is 1. The third kappa shape index (κ3) is 2.33. The maximum Gasteiger partial charge on any atom is 0.259 e. The van der Waals surface area contributed by atoms with Crippen LogP contribution in [0.4, 0.5) is 10.2 Å². The molecule has 2 aromatic rings. The van der Waals surface area contributed by atoms with E-state index < -0.39 is 11.7 Å². The van der Waals surface area contributed by atoms with Crippen molar-refractivity contribution in [3.05, 3.63) is 41.6 Å². The number of thiocarbonyl (C=S) groups is 1. The number of carbonyl (C=O) groups excluding carboxylic acids is 1. The first-order valence-corrected chi connectivity index (χ1v) is 5.24. The molecule has 6 nitrogen and oxygen atoms in total. The molecule has 92 valence electrons. The van der Waals surface area contributed by atoms with Crippen LogP contribution in [0.2, 0.25) is 0 Å². The van der Waals surface area contributed by atoms with Crippen LogP contribution in [-0.2, 0) is 0 Å². The van der Waals surface area contributed by atoms with Crippen LogP contribution in [0.5, 0.6) is 0 Å². The van der Waals surface area contributed by atoms with Crippen LogP contribution in [0.15, 0.2) is 24.7 Å². The van der Waals surface area contributed by atoms with Crippen molar-refractivity contribution in [2.75, 3.05) is 5.32 Å². The number of nitrogens with one attached hydrogen (secondary N) is 2. The number of pyridine rings is 1. The Morgan fingerprint density at radius 3 is 2.89 bits per heavy atom. The Morgan fingerprint density at radius 2 is 2.22 bits per heavy atom. The minimum Gasteiger partial charge on any atom is -0.389 e. The van der Waals surface area contributed by atoms with Gasteiger partial charge in [-0.05, 0) is 6.07 Å². The lowest BCUT2D eigenvalue weighted by Gasteiger charge is -2.05. The quantitative estimate of drug-likeness (QED) is 0.714. The number of H-pyrrole nitrogens is 1. The first kappa shape index (κ1) is 12.1. The Labute approximate surface area is 106 Å². The fourth-order valence-corrected chi connectivity index (χ4v) is 1.46.